The molecule has 2 N–H and O–H groups in total. The van der Waals surface area contributed by atoms with E-state index in [9.17, 15) is 18.7 Å². The van der Waals surface area contributed by atoms with Crippen molar-refractivity contribution in [2.45, 2.75) is 19.1 Å². The van der Waals surface area contributed by atoms with Gasteiger partial charge in [0.25, 0.3) is 5.91 Å². The van der Waals surface area contributed by atoms with Crippen molar-refractivity contribution in [3.8, 4) is 5.75 Å². The van der Waals surface area contributed by atoms with Crippen molar-refractivity contribution in [1.29, 1.82) is 0 Å². The fourth-order valence-corrected chi connectivity index (χ4v) is 2.12. The lowest BCUT2D eigenvalue weighted by Gasteiger charge is -2.21. The van der Waals surface area contributed by atoms with Crippen LogP contribution in [0.4, 0.5) is 8.78 Å². The molecular weight excluding hydrogens is 304 g/mol. The van der Waals surface area contributed by atoms with Crippen LogP contribution in [0.5, 0.6) is 5.75 Å². The number of aliphatic hydroxyl groups is 1. The zero-order valence-electron chi connectivity index (χ0n) is 12.7. The molecule has 0 bridgehead atoms. The van der Waals surface area contributed by atoms with Crippen LogP contribution in [0.3, 0.4) is 0 Å². The first-order valence-corrected chi connectivity index (χ1v) is 7.00. The third-order valence-electron chi connectivity index (χ3n) is 3.46. The van der Waals surface area contributed by atoms with Gasteiger partial charge in [-0.2, -0.15) is 0 Å². The Kier molecular flexibility index (Phi) is 5.28. The van der Waals surface area contributed by atoms with Crippen LogP contribution >= 0.6 is 0 Å². The summed E-state index contributed by atoms with van der Waals surface area (Å²) < 4.78 is 31.6. The van der Waals surface area contributed by atoms with Crippen LogP contribution in [-0.4, -0.2) is 24.2 Å². The molecule has 0 aliphatic heterocycles. The molecule has 0 aliphatic carbocycles. The number of ether oxygens (including phenoxy) is 1. The zero-order chi connectivity index (χ0) is 17.0. The second-order valence-electron chi connectivity index (χ2n) is 5.10. The van der Waals surface area contributed by atoms with Gasteiger partial charge in [0, 0.05) is 6.07 Å². The summed E-state index contributed by atoms with van der Waals surface area (Å²) in [6, 6.07) is 8.49. The van der Waals surface area contributed by atoms with E-state index in [4.69, 9.17) is 4.74 Å². The summed E-state index contributed by atoms with van der Waals surface area (Å²) in [4.78, 5) is 12.1. The predicted molar refractivity (Wildman–Crippen MR) is 81.2 cm³/mol. The Morgan fingerprint density at radius 3 is 2.39 bits per heavy atom. The number of rotatable bonds is 5. The Bertz CT molecular complexity index is 689. The molecule has 0 fully saturated rings. The van der Waals surface area contributed by atoms with Crippen LogP contribution in [-0.2, 0) is 0 Å². The minimum Gasteiger partial charge on any atom is -0.497 e. The van der Waals surface area contributed by atoms with Crippen molar-refractivity contribution in [3.63, 3.8) is 0 Å². The van der Waals surface area contributed by atoms with E-state index in [0.29, 0.717) is 11.3 Å². The van der Waals surface area contributed by atoms with Gasteiger partial charge < -0.3 is 15.2 Å². The Morgan fingerprint density at radius 1 is 1.17 bits per heavy atom. The summed E-state index contributed by atoms with van der Waals surface area (Å²) in [7, 11) is 1.40. The highest BCUT2D eigenvalue weighted by atomic mass is 19.1. The van der Waals surface area contributed by atoms with Gasteiger partial charge in [-0.1, -0.05) is 12.1 Å². The van der Waals surface area contributed by atoms with Crippen molar-refractivity contribution >= 4 is 5.91 Å². The molecule has 0 spiro atoms. The van der Waals surface area contributed by atoms with Gasteiger partial charge in [0.2, 0.25) is 0 Å². The molecule has 0 aliphatic rings. The van der Waals surface area contributed by atoms with Gasteiger partial charge in [0.05, 0.1) is 24.8 Å². The monoisotopic (exact) mass is 321 g/mol. The van der Waals surface area contributed by atoms with Gasteiger partial charge in [-0.05, 0) is 36.8 Å². The summed E-state index contributed by atoms with van der Waals surface area (Å²) in [5, 5.41) is 12.7. The highest BCUT2D eigenvalue weighted by Gasteiger charge is 2.21. The number of methoxy groups -OCH3 is 1. The molecule has 2 rings (SSSR count). The van der Waals surface area contributed by atoms with Crippen LogP contribution in [0.1, 0.15) is 28.9 Å². The summed E-state index contributed by atoms with van der Waals surface area (Å²) in [5.74, 6) is -1.49. The van der Waals surface area contributed by atoms with Gasteiger partial charge in [0.15, 0.2) is 0 Å². The smallest absolute Gasteiger partial charge is 0.254 e. The normalized spacial score (nSPS) is 13.3. The van der Waals surface area contributed by atoms with E-state index < -0.39 is 29.7 Å². The zero-order valence-corrected chi connectivity index (χ0v) is 12.7. The van der Waals surface area contributed by atoms with E-state index in [1.807, 2.05) is 0 Å². The lowest BCUT2D eigenvalue weighted by molar-refractivity contribution is 0.0848. The minimum absolute atomic E-state index is 0.149. The van der Waals surface area contributed by atoms with Crippen LogP contribution in [0.25, 0.3) is 0 Å². The second kappa shape index (κ2) is 7.19. The van der Waals surface area contributed by atoms with E-state index in [-0.39, 0.29) is 5.56 Å². The number of carbonyl (C=O) groups is 1. The average molecular weight is 321 g/mol. The second-order valence-corrected chi connectivity index (χ2v) is 5.10. The largest absolute Gasteiger partial charge is 0.497 e. The minimum atomic E-state index is -1.04. The van der Waals surface area contributed by atoms with E-state index in [1.54, 1.807) is 6.92 Å². The molecular formula is C17H17F2NO3. The summed E-state index contributed by atoms with van der Waals surface area (Å²) in [6.45, 7) is 1.58. The lowest BCUT2D eigenvalue weighted by atomic mass is 10.0. The Labute approximate surface area is 132 Å². The van der Waals surface area contributed by atoms with Crippen molar-refractivity contribution in [3.05, 3.63) is 65.2 Å². The number of hydrogen-bond donors (Lipinski definition) is 2. The van der Waals surface area contributed by atoms with Crippen LogP contribution in [0.15, 0.2) is 42.5 Å². The average Bonchev–Trinajstić information content (AvgIpc) is 2.54. The quantitative estimate of drug-likeness (QED) is 0.890. The van der Waals surface area contributed by atoms with Crippen molar-refractivity contribution in [2.75, 3.05) is 7.11 Å². The number of benzene rings is 2. The van der Waals surface area contributed by atoms with E-state index in [2.05, 4.69) is 5.32 Å². The molecule has 4 nitrogen and oxygen atoms in total. The third kappa shape index (κ3) is 4.04. The molecule has 0 heterocycles. The molecule has 0 radical (unpaired) electrons. The SMILES string of the molecule is COc1ccc(C(=O)NC(C)C(O)c2ccc(F)cc2)c(F)c1. The molecule has 6 heteroatoms. The highest BCUT2D eigenvalue weighted by molar-refractivity contribution is 5.94. The molecule has 0 saturated carbocycles. The summed E-state index contributed by atoms with van der Waals surface area (Å²) in [6.07, 6.45) is -1.04. The first-order valence-electron chi connectivity index (χ1n) is 7.00. The molecule has 1 amide bonds. The number of amides is 1. The van der Waals surface area contributed by atoms with Gasteiger partial charge >= 0.3 is 0 Å². The maximum atomic E-state index is 13.9. The maximum Gasteiger partial charge on any atom is 0.254 e. The van der Waals surface area contributed by atoms with Crippen LogP contribution in [0, 0.1) is 11.6 Å². The van der Waals surface area contributed by atoms with Gasteiger partial charge in [0.1, 0.15) is 17.4 Å². The molecule has 0 saturated heterocycles. The maximum absolute atomic E-state index is 13.9. The summed E-state index contributed by atoms with van der Waals surface area (Å²) >= 11 is 0. The number of aliphatic hydroxyl groups excluding tert-OH is 1. The molecule has 2 atom stereocenters. The summed E-state index contributed by atoms with van der Waals surface area (Å²) in [5.41, 5.74) is 0.304. The topological polar surface area (TPSA) is 58.6 Å². The van der Waals surface area contributed by atoms with Crippen molar-refractivity contribution in [2.24, 2.45) is 0 Å². The molecule has 23 heavy (non-hydrogen) atoms. The predicted octanol–water partition coefficient (Wildman–Crippen LogP) is 2.83. The Hall–Kier alpha value is -2.47. The fraction of sp³-hybridized carbons (Fsp3) is 0.235. The number of nitrogens with one attached hydrogen (secondary N) is 1. The van der Waals surface area contributed by atoms with Gasteiger partial charge in [-0.3, -0.25) is 4.79 Å². The molecule has 0 aromatic heterocycles. The standard InChI is InChI=1S/C17H17F2NO3/c1-10(16(21)11-3-5-12(18)6-4-11)20-17(22)14-8-7-13(23-2)9-15(14)19/h3-10,16,21H,1-2H3,(H,20,22). The van der Waals surface area contributed by atoms with Crippen molar-refractivity contribution < 1.29 is 23.4 Å². The van der Waals surface area contributed by atoms with E-state index >= 15 is 0 Å². The van der Waals surface area contributed by atoms with Crippen LogP contribution in [0.2, 0.25) is 0 Å². The number of carbonyl (C=O) groups excluding carboxylic acids is 1. The third-order valence-corrected chi connectivity index (χ3v) is 3.46. The van der Waals surface area contributed by atoms with Gasteiger partial charge in [-0.15, -0.1) is 0 Å². The molecule has 2 unspecified atom stereocenters. The lowest BCUT2D eigenvalue weighted by Crippen LogP contribution is -2.37. The Balaban J connectivity index is 2.08. The first kappa shape index (κ1) is 16.9. The van der Waals surface area contributed by atoms with Crippen LogP contribution < -0.4 is 10.1 Å². The van der Waals surface area contributed by atoms with Gasteiger partial charge in [-0.25, -0.2) is 8.78 Å². The number of halogens is 2. The van der Waals surface area contributed by atoms with E-state index in [1.165, 1.54) is 43.5 Å². The Morgan fingerprint density at radius 2 is 1.83 bits per heavy atom. The first-order chi connectivity index (χ1) is 10.9. The highest BCUT2D eigenvalue weighted by Crippen LogP contribution is 2.19. The van der Waals surface area contributed by atoms with Crippen molar-refractivity contribution in [1.82, 2.24) is 5.32 Å². The fourth-order valence-electron chi connectivity index (χ4n) is 2.12. The molecule has 2 aromatic carbocycles. The number of hydrogen-bond acceptors (Lipinski definition) is 3. The molecule has 122 valence electrons. The molecule has 2 aromatic rings. The van der Waals surface area contributed by atoms with E-state index in [0.717, 1.165) is 6.07 Å².